The van der Waals surface area contributed by atoms with Gasteiger partial charge in [0.1, 0.15) is 0 Å². The number of benzene rings is 2. The van der Waals surface area contributed by atoms with Crippen molar-refractivity contribution in [1.82, 2.24) is 9.80 Å². The maximum absolute atomic E-state index is 12.7. The molecule has 2 heterocycles. The predicted molar refractivity (Wildman–Crippen MR) is 114 cm³/mol. The number of anilines is 1. The second-order valence-electron chi connectivity index (χ2n) is 7.80. The first-order valence-corrected chi connectivity index (χ1v) is 10.3. The first kappa shape index (κ1) is 20.4. The summed E-state index contributed by atoms with van der Waals surface area (Å²) < 4.78 is 10.8. The molecule has 0 radical (unpaired) electrons. The van der Waals surface area contributed by atoms with Gasteiger partial charge in [-0.25, -0.2) is 0 Å². The van der Waals surface area contributed by atoms with Crippen LogP contribution in [-0.4, -0.2) is 60.5 Å². The molecule has 7 nitrogen and oxygen atoms in total. The van der Waals surface area contributed by atoms with Gasteiger partial charge in [0, 0.05) is 44.0 Å². The van der Waals surface area contributed by atoms with E-state index in [1.807, 2.05) is 19.1 Å². The van der Waals surface area contributed by atoms with Gasteiger partial charge in [-0.15, -0.1) is 0 Å². The Balaban J connectivity index is 1.28. The lowest BCUT2D eigenvalue weighted by molar-refractivity contribution is -0.121. The summed E-state index contributed by atoms with van der Waals surface area (Å²) in [6.07, 6.45) is 0. The maximum Gasteiger partial charge on any atom is 0.241 e. The largest absolute Gasteiger partial charge is 0.454 e. The number of rotatable bonds is 6. The van der Waals surface area contributed by atoms with Crippen LogP contribution in [-0.2, 0) is 11.3 Å². The fourth-order valence-electron chi connectivity index (χ4n) is 3.83. The summed E-state index contributed by atoms with van der Waals surface area (Å²) >= 11 is 0. The van der Waals surface area contributed by atoms with Gasteiger partial charge >= 0.3 is 0 Å². The molecule has 1 atom stereocenters. The van der Waals surface area contributed by atoms with Crippen molar-refractivity contribution in [2.75, 3.05) is 38.3 Å². The molecule has 1 fully saturated rings. The molecule has 7 heteroatoms. The molecule has 1 amide bonds. The summed E-state index contributed by atoms with van der Waals surface area (Å²) in [5, 5.41) is 2.94. The first-order chi connectivity index (χ1) is 14.5. The highest BCUT2D eigenvalue weighted by molar-refractivity contribution is 5.98. The molecule has 0 spiro atoms. The van der Waals surface area contributed by atoms with E-state index < -0.39 is 0 Å². The van der Waals surface area contributed by atoms with E-state index in [9.17, 15) is 9.59 Å². The zero-order chi connectivity index (χ0) is 21.1. The summed E-state index contributed by atoms with van der Waals surface area (Å²) in [5.74, 6) is 1.54. The summed E-state index contributed by atoms with van der Waals surface area (Å²) in [6, 6.07) is 12.9. The van der Waals surface area contributed by atoms with E-state index in [0.29, 0.717) is 11.3 Å². The number of carbonyl (C=O) groups excluding carboxylic acids is 2. The number of hydrogen-bond donors (Lipinski definition) is 1. The van der Waals surface area contributed by atoms with E-state index in [-0.39, 0.29) is 24.5 Å². The highest BCUT2D eigenvalue weighted by atomic mass is 16.7. The number of Topliss-reactive ketones (excluding diaryl/α,β-unsaturated/α-hetero) is 1. The lowest BCUT2D eigenvalue weighted by atomic mass is 10.1. The molecule has 1 saturated heterocycles. The van der Waals surface area contributed by atoms with Crippen LogP contribution >= 0.6 is 0 Å². The van der Waals surface area contributed by atoms with E-state index in [1.165, 1.54) is 12.5 Å². The monoisotopic (exact) mass is 409 g/mol. The number of ether oxygens (including phenoxy) is 2. The van der Waals surface area contributed by atoms with Gasteiger partial charge in [0.15, 0.2) is 17.3 Å². The summed E-state index contributed by atoms with van der Waals surface area (Å²) in [5.41, 5.74) is 2.45. The summed E-state index contributed by atoms with van der Waals surface area (Å²) in [7, 11) is 0. The number of hydrogen-bond acceptors (Lipinski definition) is 6. The third kappa shape index (κ3) is 4.63. The quantitative estimate of drug-likeness (QED) is 0.740. The van der Waals surface area contributed by atoms with E-state index in [1.54, 1.807) is 24.3 Å². The van der Waals surface area contributed by atoms with Gasteiger partial charge in [0.2, 0.25) is 12.7 Å². The molecule has 0 bridgehead atoms. The Morgan fingerprint density at radius 3 is 2.57 bits per heavy atom. The van der Waals surface area contributed by atoms with Crippen molar-refractivity contribution in [2.45, 2.75) is 26.4 Å². The molecule has 30 heavy (non-hydrogen) atoms. The standard InChI is InChI=1S/C23H27N3O4/c1-16(23(28)24-20-5-3-4-19(13-20)17(2)27)26-10-8-25(9-11-26)14-18-6-7-21-22(12-18)30-15-29-21/h3-7,12-13,16H,8-11,14-15H2,1-2H3,(H,24,28). The molecular formula is C23H27N3O4. The van der Waals surface area contributed by atoms with E-state index in [0.717, 1.165) is 44.2 Å². The minimum absolute atomic E-state index is 0.0160. The van der Waals surface area contributed by atoms with Crippen LogP contribution in [0.3, 0.4) is 0 Å². The maximum atomic E-state index is 12.7. The number of ketones is 1. The van der Waals surface area contributed by atoms with Crippen molar-refractivity contribution in [2.24, 2.45) is 0 Å². The van der Waals surface area contributed by atoms with E-state index in [2.05, 4.69) is 21.2 Å². The van der Waals surface area contributed by atoms with Crippen molar-refractivity contribution in [3.05, 3.63) is 53.6 Å². The molecule has 2 aliphatic heterocycles. The zero-order valence-corrected chi connectivity index (χ0v) is 17.4. The number of piperazine rings is 1. The average molecular weight is 409 g/mol. The normalized spacial score (nSPS) is 17.5. The molecule has 1 unspecified atom stereocenters. The predicted octanol–water partition coefficient (Wildman–Crippen LogP) is 2.76. The van der Waals surface area contributed by atoms with Gasteiger partial charge in [-0.3, -0.25) is 19.4 Å². The zero-order valence-electron chi connectivity index (χ0n) is 17.4. The van der Waals surface area contributed by atoms with Crippen molar-refractivity contribution in [3.8, 4) is 11.5 Å². The first-order valence-electron chi connectivity index (χ1n) is 10.3. The Labute approximate surface area is 176 Å². The van der Waals surface area contributed by atoms with Crippen LogP contribution in [0.1, 0.15) is 29.8 Å². The summed E-state index contributed by atoms with van der Waals surface area (Å²) in [4.78, 5) is 28.8. The smallest absolute Gasteiger partial charge is 0.241 e. The number of amides is 1. The van der Waals surface area contributed by atoms with Gasteiger partial charge in [-0.2, -0.15) is 0 Å². The average Bonchev–Trinajstić information content (AvgIpc) is 3.22. The lowest BCUT2D eigenvalue weighted by Crippen LogP contribution is -2.52. The Morgan fingerprint density at radius 1 is 1.03 bits per heavy atom. The highest BCUT2D eigenvalue weighted by Gasteiger charge is 2.26. The molecule has 0 aliphatic carbocycles. The van der Waals surface area contributed by atoms with Gasteiger partial charge in [-0.05, 0) is 43.7 Å². The van der Waals surface area contributed by atoms with Gasteiger partial charge < -0.3 is 14.8 Å². The molecule has 1 N–H and O–H groups in total. The van der Waals surface area contributed by atoms with Crippen LogP contribution in [0.25, 0.3) is 0 Å². The van der Waals surface area contributed by atoms with Crippen LogP contribution in [0.2, 0.25) is 0 Å². The Kier molecular flexibility index (Phi) is 6.01. The molecule has 0 saturated carbocycles. The molecule has 0 aromatic heterocycles. The van der Waals surface area contributed by atoms with E-state index >= 15 is 0 Å². The van der Waals surface area contributed by atoms with Crippen LogP contribution in [0, 0.1) is 0 Å². The molecule has 2 aromatic carbocycles. The topological polar surface area (TPSA) is 71.1 Å². The fraction of sp³-hybridized carbons (Fsp3) is 0.391. The second kappa shape index (κ2) is 8.85. The van der Waals surface area contributed by atoms with Crippen molar-refractivity contribution in [3.63, 3.8) is 0 Å². The number of nitrogens with zero attached hydrogens (tertiary/aromatic N) is 2. The molecule has 2 aliphatic rings. The van der Waals surface area contributed by atoms with Crippen molar-refractivity contribution < 1.29 is 19.1 Å². The summed E-state index contributed by atoms with van der Waals surface area (Å²) in [6.45, 7) is 8.03. The van der Waals surface area contributed by atoms with Crippen LogP contribution in [0.15, 0.2) is 42.5 Å². The third-order valence-electron chi connectivity index (χ3n) is 5.71. The third-order valence-corrected chi connectivity index (χ3v) is 5.71. The Bertz CT molecular complexity index is 938. The Morgan fingerprint density at radius 2 is 1.80 bits per heavy atom. The minimum atomic E-state index is -0.237. The van der Waals surface area contributed by atoms with Crippen LogP contribution < -0.4 is 14.8 Å². The highest BCUT2D eigenvalue weighted by Crippen LogP contribution is 2.32. The van der Waals surface area contributed by atoms with Gasteiger partial charge in [-0.1, -0.05) is 18.2 Å². The molecule has 2 aromatic rings. The second-order valence-corrected chi connectivity index (χ2v) is 7.80. The van der Waals surface area contributed by atoms with Crippen molar-refractivity contribution in [1.29, 1.82) is 0 Å². The fourth-order valence-corrected chi connectivity index (χ4v) is 3.83. The minimum Gasteiger partial charge on any atom is -0.454 e. The van der Waals surface area contributed by atoms with Gasteiger partial charge in [0.05, 0.1) is 6.04 Å². The molecule has 4 rings (SSSR count). The van der Waals surface area contributed by atoms with Crippen LogP contribution in [0.4, 0.5) is 5.69 Å². The SMILES string of the molecule is CC(=O)c1cccc(NC(=O)C(C)N2CCN(Cc3ccc4c(c3)OCO4)CC2)c1. The number of nitrogens with one attached hydrogen (secondary N) is 1. The van der Waals surface area contributed by atoms with Crippen molar-refractivity contribution >= 4 is 17.4 Å². The molecular weight excluding hydrogens is 382 g/mol. The molecule has 158 valence electrons. The lowest BCUT2D eigenvalue weighted by Gasteiger charge is -2.37. The Hall–Kier alpha value is -2.90. The van der Waals surface area contributed by atoms with Gasteiger partial charge in [0.25, 0.3) is 0 Å². The number of carbonyl (C=O) groups is 2. The number of fused-ring (bicyclic) bond motifs is 1. The van der Waals surface area contributed by atoms with E-state index in [4.69, 9.17) is 9.47 Å². The van der Waals surface area contributed by atoms with Crippen LogP contribution in [0.5, 0.6) is 11.5 Å².